The fourth-order valence-corrected chi connectivity index (χ4v) is 4.81. The molecule has 2 aromatic heterocycles. The Morgan fingerprint density at radius 1 is 1.14 bits per heavy atom. The Balaban J connectivity index is 1.58. The third-order valence-electron chi connectivity index (χ3n) is 5.95. The Bertz CT molecular complexity index is 1520. The molecular weight excluding hydrogens is 505 g/mol. The second-order valence-corrected chi connectivity index (χ2v) is 9.55. The van der Waals surface area contributed by atoms with Crippen LogP contribution in [-0.4, -0.2) is 29.5 Å². The predicted molar refractivity (Wildman–Crippen MR) is 136 cm³/mol. The monoisotopic (exact) mass is 528 g/mol. The summed E-state index contributed by atoms with van der Waals surface area (Å²) in [5, 5.41) is 1.83. The topological polar surface area (TPSA) is 62.1 Å². The zero-order chi connectivity index (χ0) is 26.2. The molecule has 0 spiro atoms. The molecule has 0 bridgehead atoms. The van der Waals surface area contributed by atoms with Crippen LogP contribution < -0.4 is 19.8 Å². The molecule has 1 aliphatic carbocycles. The average molecular weight is 529 g/mol. The largest absolute Gasteiger partial charge is 0.573 e. The van der Waals surface area contributed by atoms with Gasteiger partial charge >= 0.3 is 6.36 Å². The molecule has 2 aromatic carbocycles. The van der Waals surface area contributed by atoms with Gasteiger partial charge in [0.05, 0.1) is 25.0 Å². The molecule has 5 rings (SSSR count). The standard InChI is InChI=1S/C27H23F3N2O4S/c1-16-15-37-26-31-21(13-10-19-4-3-5-22(34-2)24(19)35-14-17-6-7-17)23(25(33)32(16)26)18-8-11-20(12-9-18)36-27(28,29)30/h3-5,8-13,15,17H,6-7,14H2,1-2H3/b13-10+. The first-order chi connectivity index (χ1) is 17.7. The average Bonchev–Trinajstić information content (AvgIpc) is 3.62. The van der Waals surface area contributed by atoms with Crippen molar-refractivity contribution in [1.82, 2.24) is 9.38 Å². The van der Waals surface area contributed by atoms with Crippen molar-refractivity contribution in [2.75, 3.05) is 13.7 Å². The number of hydrogen-bond acceptors (Lipinski definition) is 6. The first kappa shape index (κ1) is 24.9. The molecule has 0 aliphatic heterocycles. The minimum Gasteiger partial charge on any atom is -0.493 e. The van der Waals surface area contributed by atoms with Crippen LogP contribution >= 0.6 is 11.3 Å². The Kier molecular flexibility index (Phi) is 6.68. The fourth-order valence-electron chi connectivity index (χ4n) is 3.95. The molecule has 1 fully saturated rings. The second kappa shape index (κ2) is 9.93. The third kappa shape index (κ3) is 5.48. The van der Waals surface area contributed by atoms with Crippen molar-refractivity contribution in [3.63, 3.8) is 0 Å². The van der Waals surface area contributed by atoms with E-state index < -0.39 is 6.36 Å². The lowest BCUT2D eigenvalue weighted by Crippen LogP contribution is -2.19. The Morgan fingerprint density at radius 2 is 1.89 bits per heavy atom. The van der Waals surface area contributed by atoms with E-state index in [0.29, 0.717) is 40.2 Å². The maximum absolute atomic E-state index is 13.5. The molecule has 0 radical (unpaired) electrons. The van der Waals surface area contributed by atoms with E-state index in [1.54, 1.807) is 26.2 Å². The number of benzene rings is 2. The van der Waals surface area contributed by atoms with Gasteiger partial charge in [-0.1, -0.05) is 24.3 Å². The van der Waals surface area contributed by atoms with E-state index in [1.165, 1.54) is 40.0 Å². The van der Waals surface area contributed by atoms with Gasteiger partial charge < -0.3 is 14.2 Å². The maximum Gasteiger partial charge on any atom is 0.573 e. The van der Waals surface area contributed by atoms with Crippen LogP contribution in [0.3, 0.4) is 0 Å². The summed E-state index contributed by atoms with van der Waals surface area (Å²) in [7, 11) is 1.58. The first-order valence-corrected chi connectivity index (χ1v) is 12.5. The van der Waals surface area contributed by atoms with Crippen molar-refractivity contribution in [2.45, 2.75) is 26.1 Å². The lowest BCUT2D eigenvalue weighted by atomic mass is 10.0. The molecule has 0 N–H and O–H groups in total. The number of methoxy groups -OCH3 is 1. The van der Waals surface area contributed by atoms with Crippen molar-refractivity contribution >= 4 is 28.4 Å². The fraction of sp³-hybridized carbons (Fsp3) is 0.259. The molecule has 1 aliphatic rings. The van der Waals surface area contributed by atoms with E-state index >= 15 is 0 Å². The molecule has 2 heterocycles. The van der Waals surface area contributed by atoms with Crippen LogP contribution in [0, 0.1) is 12.8 Å². The number of fused-ring (bicyclic) bond motifs is 1. The van der Waals surface area contributed by atoms with Gasteiger partial charge in [-0.2, -0.15) is 0 Å². The number of hydrogen-bond donors (Lipinski definition) is 0. The summed E-state index contributed by atoms with van der Waals surface area (Å²) in [5.41, 5.74) is 2.22. The summed E-state index contributed by atoms with van der Waals surface area (Å²) in [6.45, 7) is 2.39. The molecule has 192 valence electrons. The highest BCUT2D eigenvalue weighted by Crippen LogP contribution is 2.36. The number of alkyl halides is 3. The first-order valence-electron chi connectivity index (χ1n) is 11.6. The number of nitrogens with zero attached hydrogens (tertiary/aromatic N) is 2. The number of aryl methyl sites for hydroxylation is 1. The van der Waals surface area contributed by atoms with Crippen LogP contribution in [0.4, 0.5) is 13.2 Å². The van der Waals surface area contributed by atoms with E-state index in [1.807, 2.05) is 23.6 Å². The molecule has 10 heteroatoms. The highest BCUT2D eigenvalue weighted by Gasteiger charge is 2.31. The van der Waals surface area contributed by atoms with E-state index in [-0.39, 0.29) is 16.9 Å². The quantitative estimate of drug-likeness (QED) is 0.258. The van der Waals surface area contributed by atoms with E-state index in [9.17, 15) is 18.0 Å². The molecular formula is C27H23F3N2O4S. The second-order valence-electron chi connectivity index (χ2n) is 8.71. The zero-order valence-corrected chi connectivity index (χ0v) is 20.9. The highest BCUT2D eigenvalue weighted by atomic mass is 32.1. The normalized spacial score (nSPS) is 13.9. The van der Waals surface area contributed by atoms with Crippen molar-refractivity contribution in [3.05, 3.63) is 75.1 Å². The van der Waals surface area contributed by atoms with Crippen LogP contribution in [0.1, 0.15) is 29.8 Å². The molecule has 0 saturated heterocycles. The van der Waals surface area contributed by atoms with Crippen molar-refractivity contribution in [3.8, 4) is 28.4 Å². The lowest BCUT2D eigenvalue weighted by molar-refractivity contribution is -0.274. The van der Waals surface area contributed by atoms with Gasteiger partial charge in [0.1, 0.15) is 5.75 Å². The number of aromatic nitrogens is 2. The number of para-hydroxylation sites is 1. The van der Waals surface area contributed by atoms with Crippen LogP contribution in [0.5, 0.6) is 17.2 Å². The highest BCUT2D eigenvalue weighted by molar-refractivity contribution is 7.15. The van der Waals surface area contributed by atoms with Gasteiger partial charge in [-0.25, -0.2) is 4.98 Å². The summed E-state index contributed by atoms with van der Waals surface area (Å²) in [6.07, 6.45) is 0.993. The SMILES string of the molecule is COc1cccc(/C=C/c2nc3scc(C)n3c(=O)c2-c2ccc(OC(F)(F)F)cc2)c1OCC1CC1. The van der Waals surface area contributed by atoms with Gasteiger partial charge in [-0.05, 0) is 61.6 Å². The molecule has 0 unspecified atom stereocenters. The number of thiazole rings is 1. The van der Waals surface area contributed by atoms with Crippen LogP contribution in [0.2, 0.25) is 0 Å². The Hall–Kier alpha value is -3.79. The molecule has 4 aromatic rings. The van der Waals surface area contributed by atoms with E-state index in [2.05, 4.69) is 4.74 Å². The Labute approximate surface area is 214 Å². The van der Waals surface area contributed by atoms with Gasteiger partial charge in [0.2, 0.25) is 0 Å². The van der Waals surface area contributed by atoms with Gasteiger partial charge in [-0.3, -0.25) is 9.20 Å². The Morgan fingerprint density at radius 3 is 2.57 bits per heavy atom. The number of rotatable bonds is 8. The maximum atomic E-state index is 13.5. The van der Waals surface area contributed by atoms with Crippen molar-refractivity contribution < 1.29 is 27.4 Å². The van der Waals surface area contributed by atoms with E-state index in [0.717, 1.165) is 24.1 Å². The van der Waals surface area contributed by atoms with E-state index in [4.69, 9.17) is 14.5 Å². The summed E-state index contributed by atoms with van der Waals surface area (Å²) in [4.78, 5) is 18.8. The van der Waals surface area contributed by atoms with Crippen LogP contribution in [0.25, 0.3) is 28.2 Å². The molecule has 37 heavy (non-hydrogen) atoms. The third-order valence-corrected chi connectivity index (χ3v) is 6.90. The summed E-state index contributed by atoms with van der Waals surface area (Å²) >= 11 is 1.33. The molecule has 0 amide bonds. The van der Waals surface area contributed by atoms with Gasteiger partial charge in [0, 0.05) is 16.6 Å². The number of ether oxygens (including phenoxy) is 3. The van der Waals surface area contributed by atoms with Crippen molar-refractivity contribution in [1.29, 1.82) is 0 Å². The lowest BCUT2D eigenvalue weighted by Gasteiger charge is -2.13. The molecule has 1 saturated carbocycles. The number of halogens is 3. The molecule has 6 nitrogen and oxygen atoms in total. The van der Waals surface area contributed by atoms with Crippen LogP contribution in [0.15, 0.2) is 52.6 Å². The van der Waals surface area contributed by atoms with Crippen molar-refractivity contribution in [2.24, 2.45) is 5.92 Å². The van der Waals surface area contributed by atoms with Gasteiger partial charge in [0.25, 0.3) is 5.56 Å². The minimum atomic E-state index is -4.81. The summed E-state index contributed by atoms with van der Waals surface area (Å²) in [6, 6.07) is 10.7. The van der Waals surface area contributed by atoms with Gasteiger partial charge in [0.15, 0.2) is 16.5 Å². The predicted octanol–water partition coefficient (Wildman–Crippen LogP) is 6.60. The van der Waals surface area contributed by atoms with Gasteiger partial charge in [-0.15, -0.1) is 24.5 Å². The summed E-state index contributed by atoms with van der Waals surface area (Å²) in [5.74, 6) is 1.38. The van der Waals surface area contributed by atoms with Crippen LogP contribution in [-0.2, 0) is 0 Å². The smallest absolute Gasteiger partial charge is 0.493 e. The summed E-state index contributed by atoms with van der Waals surface area (Å²) < 4.78 is 54.9. The minimum absolute atomic E-state index is 0.261. The zero-order valence-electron chi connectivity index (χ0n) is 20.0. The molecule has 0 atom stereocenters.